The highest BCUT2D eigenvalue weighted by Crippen LogP contribution is 2.35. The average molecular weight is 427 g/mol. The fourth-order valence-corrected chi connectivity index (χ4v) is 4.26. The van der Waals surface area contributed by atoms with Crippen molar-refractivity contribution in [2.75, 3.05) is 11.4 Å². The maximum Gasteiger partial charge on any atom is 0.325 e. The lowest BCUT2D eigenvalue weighted by atomic mass is 9.98. The van der Waals surface area contributed by atoms with Gasteiger partial charge < -0.3 is 10.2 Å². The first-order valence-electron chi connectivity index (χ1n) is 10.1. The van der Waals surface area contributed by atoms with Gasteiger partial charge >= 0.3 is 6.03 Å². The zero-order valence-corrected chi connectivity index (χ0v) is 17.3. The molecule has 8 heteroatoms. The summed E-state index contributed by atoms with van der Waals surface area (Å²) in [5.74, 6) is -0.406. The standard InChI is InChI=1S/C22H23ClN4O3/c23-16-6-8-18(9-7-16)27(15-17-5-1-4-13-24-17)19(28)10-14-26-20(29)22(25-21(26)30)11-2-3-12-22/h1,4-9,13H,2-3,10-12,14-15H2,(H,25,30). The third-order valence-corrected chi connectivity index (χ3v) is 5.99. The summed E-state index contributed by atoms with van der Waals surface area (Å²) in [5, 5.41) is 3.42. The first-order valence-corrected chi connectivity index (χ1v) is 10.5. The number of amides is 4. The lowest BCUT2D eigenvalue weighted by Crippen LogP contribution is -2.44. The molecule has 2 fully saturated rings. The summed E-state index contributed by atoms with van der Waals surface area (Å²) in [6, 6.07) is 12.1. The fraction of sp³-hybridized carbons (Fsp3) is 0.364. The Morgan fingerprint density at radius 1 is 1.13 bits per heavy atom. The Bertz CT molecular complexity index is 943. The van der Waals surface area contributed by atoms with Crippen molar-refractivity contribution in [2.45, 2.75) is 44.2 Å². The highest BCUT2D eigenvalue weighted by Gasteiger charge is 2.52. The topological polar surface area (TPSA) is 82.6 Å². The van der Waals surface area contributed by atoms with Crippen LogP contribution in [0, 0.1) is 0 Å². The number of benzene rings is 1. The molecule has 1 spiro atoms. The molecule has 1 aromatic heterocycles. The molecule has 7 nitrogen and oxygen atoms in total. The number of urea groups is 1. The fourth-order valence-electron chi connectivity index (χ4n) is 4.14. The van der Waals surface area contributed by atoms with Gasteiger partial charge in [-0.15, -0.1) is 0 Å². The molecule has 0 bridgehead atoms. The van der Waals surface area contributed by atoms with Crippen LogP contribution in [0.3, 0.4) is 0 Å². The molecule has 0 atom stereocenters. The van der Waals surface area contributed by atoms with Gasteiger partial charge in [0.05, 0.1) is 12.2 Å². The van der Waals surface area contributed by atoms with Crippen LogP contribution < -0.4 is 10.2 Å². The number of halogens is 1. The summed E-state index contributed by atoms with van der Waals surface area (Å²) in [7, 11) is 0. The summed E-state index contributed by atoms with van der Waals surface area (Å²) in [6.07, 6.45) is 4.89. The van der Waals surface area contributed by atoms with Crippen molar-refractivity contribution in [1.29, 1.82) is 0 Å². The minimum atomic E-state index is -0.760. The molecule has 1 aliphatic heterocycles. The van der Waals surface area contributed by atoms with Gasteiger partial charge in [-0.2, -0.15) is 0 Å². The zero-order valence-electron chi connectivity index (χ0n) is 16.5. The molecule has 4 amide bonds. The summed E-state index contributed by atoms with van der Waals surface area (Å²) in [6.45, 7) is 0.336. The molecule has 2 aliphatic rings. The Morgan fingerprint density at radius 3 is 2.53 bits per heavy atom. The van der Waals surface area contributed by atoms with Gasteiger partial charge in [-0.05, 0) is 49.2 Å². The number of pyridine rings is 1. The van der Waals surface area contributed by atoms with Crippen molar-refractivity contribution in [3.63, 3.8) is 0 Å². The zero-order chi connectivity index (χ0) is 21.1. The maximum absolute atomic E-state index is 13.1. The molecule has 30 heavy (non-hydrogen) atoms. The predicted molar refractivity (Wildman–Crippen MR) is 113 cm³/mol. The van der Waals surface area contributed by atoms with Gasteiger partial charge in [0, 0.05) is 29.9 Å². The molecular weight excluding hydrogens is 404 g/mol. The minimum Gasteiger partial charge on any atom is -0.323 e. The largest absolute Gasteiger partial charge is 0.325 e. The molecule has 1 aliphatic carbocycles. The molecular formula is C22H23ClN4O3. The highest BCUT2D eigenvalue weighted by atomic mass is 35.5. The third-order valence-electron chi connectivity index (χ3n) is 5.74. The second-order valence-electron chi connectivity index (χ2n) is 7.70. The Morgan fingerprint density at radius 2 is 1.87 bits per heavy atom. The highest BCUT2D eigenvalue weighted by molar-refractivity contribution is 6.30. The van der Waals surface area contributed by atoms with Gasteiger partial charge in [0.2, 0.25) is 5.91 Å². The summed E-state index contributed by atoms with van der Waals surface area (Å²) >= 11 is 5.99. The lowest BCUT2D eigenvalue weighted by Gasteiger charge is -2.24. The summed E-state index contributed by atoms with van der Waals surface area (Å²) in [4.78, 5) is 45.4. The van der Waals surface area contributed by atoms with Gasteiger partial charge in [0.25, 0.3) is 5.91 Å². The molecule has 1 saturated heterocycles. The van der Waals surface area contributed by atoms with E-state index in [1.807, 2.05) is 18.2 Å². The van der Waals surface area contributed by atoms with E-state index >= 15 is 0 Å². The molecule has 0 unspecified atom stereocenters. The number of aromatic nitrogens is 1. The van der Waals surface area contributed by atoms with E-state index in [2.05, 4.69) is 10.3 Å². The van der Waals surface area contributed by atoms with Crippen LogP contribution in [0.15, 0.2) is 48.7 Å². The van der Waals surface area contributed by atoms with Crippen LogP contribution in [0.1, 0.15) is 37.8 Å². The van der Waals surface area contributed by atoms with Crippen molar-refractivity contribution in [3.8, 4) is 0 Å². The number of anilines is 1. The Labute approximate surface area is 180 Å². The van der Waals surface area contributed by atoms with Crippen LogP contribution >= 0.6 is 11.6 Å². The van der Waals surface area contributed by atoms with E-state index in [0.717, 1.165) is 18.5 Å². The smallest absolute Gasteiger partial charge is 0.323 e. The number of imide groups is 1. The normalized spacial score (nSPS) is 17.4. The van der Waals surface area contributed by atoms with E-state index in [1.54, 1.807) is 35.4 Å². The van der Waals surface area contributed by atoms with Gasteiger partial charge in [-0.3, -0.25) is 19.5 Å². The Hall–Kier alpha value is -2.93. The van der Waals surface area contributed by atoms with Gasteiger partial charge in [-0.25, -0.2) is 4.79 Å². The number of hydrogen-bond donors (Lipinski definition) is 1. The minimum absolute atomic E-state index is 0.0324. The van der Waals surface area contributed by atoms with Gasteiger partial charge in [0.15, 0.2) is 0 Å². The number of rotatable bonds is 6. The number of carbonyl (C=O) groups excluding carboxylic acids is 3. The van der Waals surface area contributed by atoms with E-state index in [9.17, 15) is 14.4 Å². The van der Waals surface area contributed by atoms with E-state index in [4.69, 9.17) is 11.6 Å². The Balaban J connectivity index is 1.48. The van der Waals surface area contributed by atoms with Crippen molar-refractivity contribution < 1.29 is 14.4 Å². The van der Waals surface area contributed by atoms with Crippen molar-refractivity contribution in [1.82, 2.24) is 15.2 Å². The second kappa shape index (κ2) is 8.44. The number of carbonyl (C=O) groups is 3. The molecule has 156 valence electrons. The molecule has 1 aromatic carbocycles. The van der Waals surface area contributed by atoms with Crippen LogP contribution in [0.2, 0.25) is 5.02 Å². The van der Waals surface area contributed by atoms with Crippen LogP contribution in [-0.4, -0.2) is 39.8 Å². The van der Waals surface area contributed by atoms with E-state index in [0.29, 0.717) is 23.6 Å². The second-order valence-corrected chi connectivity index (χ2v) is 8.14. The van der Waals surface area contributed by atoms with E-state index in [-0.39, 0.29) is 31.3 Å². The van der Waals surface area contributed by atoms with Crippen molar-refractivity contribution >= 4 is 35.1 Å². The summed E-state index contributed by atoms with van der Waals surface area (Å²) < 4.78 is 0. The van der Waals surface area contributed by atoms with Crippen LogP contribution in [0.25, 0.3) is 0 Å². The summed E-state index contributed by atoms with van der Waals surface area (Å²) in [5.41, 5.74) is 0.657. The van der Waals surface area contributed by atoms with Crippen LogP contribution in [-0.2, 0) is 16.1 Å². The first kappa shape index (κ1) is 20.3. The Kier molecular flexibility index (Phi) is 5.72. The number of nitrogens with one attached hydrogen (secondary N) is 1. The monoisotopic (exact) mass is 426 g/mol. The predicted octanol–water partition coefficient (Wildman–Crippen LogP) is 3.52. The molecule has 1 saturated carbocycles. The lowest BCUT2D eigenvalue weighted by molar-refractivity contribution is -0.131. The first-order chi connectivity index (χ1) is 14.5. The number of nitrogens with zero attached hydrogens (tertiary/aromatic N) is 3. The number of hydrogen-bond acceptors (Lipinski definition) is 4. The molecule has 2 heterocycles. The quantitative estimate of drug-likeness (QED) is 0.716. The maximum atomic E-state index is 13.1. The molecule has 1 N–H and O–H groups in total. The molecule has 4 rings (SSSR count). The average Bonchev–Trinajstić information content (AvgIpc) is 3.31. The van der Waals surface area contributed by atoms with Gasteiger partial charge in [0.1, 0.15) is 5.54 Å². The SMILES string of the molecule is O=C1NC2(CCCC2)C(=O)N1CCC(=O)N(Cc1ccccn1)c1ccc(Cl)cc1. The van der Waals surface area contributed by atoms with Crippen LogP contribution in [0.5, 0.6) is 0 Å². The third kappa shape index (κ3) is 4.03. The van der Waals surface area contributed by atoms with Crippen molar-refractivity contribution in [3.05, 3.63) is 59.4 Å². The van der Waals surface area contributed by atoms with Gasteiger partial charge in [-0.1, -0.05) is 30.5 Å². The van der Waals surface area contributed by atoms with Crippen molar-refractivity contribution in [2.24, 2.45) is 0 Å². The van der Waals surface area contributed by atoms with Crippen LogP contribution in [0.4, 0.5) is 10.5 Å². The van der Waals surface area contributed by atoms with E-state index < -0.39 is 11.6 Å². The van der Waals surface area contributed by atoms with E-state index in [1.165, 1.54) is 4.90 Å². The molecule has 0 radical (unpaired) electrons. The molecule has 2 aromatic rings.